The average Bonchev–Trinajstić information content (AvgIpc) is 3.35. The summed E-state index contributed by atoms with van der Waals surface area (Å²) in [6.07, 6.45) is 4.64. The number of sulfonamides is 1. The molecule has 10 heteroatoms. The van der Waals surface area contributed by atoms with Crippen molar-refractivity contribution in [1.82, 2.24) is 9.21 Å². The highest BCUT2D eigenvalue weighted by molar-refractivity contribution is 8.14. The summed E-state index contributed by atoms with van der Waals surface area (Å²) in [7, 11) is -1.59. The average molecular weight is 496 g/mol. The second kappa shape index (κ2) is 9.75. The number of thioether (sulfide) groups is 1. The molecule has 182 valence electrons. The quantitative estimate of drug-likeness (QED) is 0.642. The fourth-order valence-corrected chi connectivity index (χ4v) is 8.74. The van der Waals surface area contributed by atoms with Crippen molar-refractivity contribution in [3.63, 3.8) is 0 Å². The molecule has 3 fully saturated rings. The third-order valence-corrected chi connectivity index (χ3v) is 11.2. The number of ether oxygens (including phenoxy) is 2. The number of piperazine rings is 1. The van der Waals surface area contributed by atoms with Gasteiger partial charge in [-0.2, -0.15) is 4.31 Å². The fraction of sp³-hybridized carbons (Fsp3) is 0.652. The zero-order chi connectivity index (χ0) is 23.0. The maximum absolute atomic E-state index is 13.4. The molecule has 2 bridgehead atoms. The Morgan fingerprint density at radius 2 is 1.88 bits per heavy atom. The van der Waals surface area contributed by atoms with E-state index < -0.39 is 14.6 Å². The van der Waals surface area contributed by atoms with E-state index in [0.717, 1.165) is 25.1 Å². The number of phenolic OH excluding ortho intramolecular Hbond substituents is 1. The molecule has 4 heterocycles. The molecule has 4 aliphatic rings. The van der Waals surface area contributed by atoms with Crippen molar-refractivity contribution in [2.45, 2.75) is 48.1 Å². The lowest BCUT2D eigenvalue weighted by Crippen LogP contribution is -2.65. The van der Waals surface area contributed by atoms with Crippen LogP contribution in [0.4, 0.5) is 5.69 Å². The topological polar surface area (TPSA) is 82.6 Å². The van der Waals surface area contributed by atoms with E-state index in [2.05, 4.69) is 9.80 Å². The van der Waals surface area contributed by atoms with Gasteiger partial charge in [0.05, 0.1) is 25.4 Å². The van der Waals surface area contributed by atoms with Crippen LogP contribution in [0.1, 0.15) is 19.3 Å². The molecule has 5 atom stereocenters. The van der Waals surface area contributed by atoms with Gasteiger partial charge in [-0.25, -0.2) is 8.42 Å². The Morgan fingerprint density at radius 1 is 1.15 bits per heavy atom. The number of morpholine rings is 1. The number of methoxy groups -OCH3 is 1. The zero-order valence-corrected chi connectivity index (χ0v) is 20.6. The molecule has 8 nitrogen and oxygen atoms in total. The van der Waals surface area contributed by atoms with E-state index in [0.29, 0.717) is 39.3 Å². The number of phenols is 1. The highest BCUT2D eigenvalue weighted by Crippen LogP contribution is 2.35. The van der Waals surface area contributed by atoms with Crippen LogP contribution in [0.25, 0.3) is 0 Å². The lowest BCUT2D eigenvalue weighted by atomic mass is 9.91. The van der Waals surface area contributed by atoms with Crippen molar-refractivity contribution in [2.24, 2.45) is 0 Å². The molecule has 3 saturated heterocycles. The fourth-order valence-electron chi connectivity index (χ4n) is 5.60. The summed E-state index contributed by atoms with van der Waals surface area (Å²) in [6.45, 7) is 3.71. The predicted molar refractivity (Wildman–Crippen MR) is 130 cm³/mol. The second-order valence-corrected chi connectivity index (χ2v) is 12.8. The highest BCUT2D eigenvalue weighted by atomic mass is 32.3. The molecule has 0 spiro atoms. The van der Waals surface area contributed by atoms with Gasteiger partial charge in [0.15, 0.2) is 0 Å². The summed E-state index contributed by atoms with van der Waals surface area (Å²) in [5.74, 6) is 0.232. The summed E-state index contributed by atoms with van der Waals surface area (Å²) < 4.78 is 39.5. The Morgan fingerprint density at radius 3 is 2.52 bits per heavy atom. The Kier molecular flexibility index (Phi) is 6.93. The van der Waals surface area contributed by atoms with E-state index in [1.54, 1.807) is 23.5 Å². The van der Waals surface area contributed by atoms with Gasteiger partial charge in [-0.05, 0) is 48.9 Å². The monoisotopic (exact) mass is 495 g/mol. The van der Waals surface area contributed by atoms with E-state index in [1.165, 1.54) is 11.8 Å². The first-order valence-corrected chi connectivity index (χ1v) is 14.1. The van der Waals surface area contributed by atoms with Gasteiger partial charge < -0.3 is 19.5 Å². The van der Waals surface area contributed by atoms with Crippen molar-refractivity contribution in [2.75, 3.05) is 51.4 Å². The lowest BCUT2D eigenvalue weighted by Gasteiger charge is -2.51. The van der Waals surface area contributed by atoms with Crippen LogP contribution in [-0.4, -0.2) is 98.0 Å². The Labute approximate surface area is 200 Å². The molecule has 2 unspecified atom stereocenters. The van der Waals surface area contributed by atoms with Crippen LogP contribution in [0.5, 0.6) is 5.75 Å². The molecule has 0 saturated carbocycles. The zero-order valence-electron chi connectivity index (χ0n) is 19.0. The van der Waals surface area contributed by atoms with Gasteiger partial charge in [-0.3, -0.25) is 4.90 Å². The first-order valence-electron chi connectivity index (χ1n) is 11.7. The summed E-state index contributed by atoms with van der Waals surface area (Å²) in [4.78, 5) is 4.84. The Bertz CT molecular complexity index is 935. The maximum Gasteiger partial charge on any atom is 0.227 e. The first-order chi connectivity index (χ1) is 16.0. The smallest absolute Gasteiger partial charge is 0.227 e. The molecule has 0 aromatic heterocycles. The number of hydrogen-bond donors (Lipinski definition) is 1. The summed E-state index contributed by atoms with van der Waals surface area (Å²) in [5.41, 5.74) is 1.01. The number of aromatic hydroxyl groups is 1. The van der Waals surface area contributed by atoms with Gasteiger partial charge in [0.2, 0.25) is 10.0 Å². The molecule has 4 aliphatic heterocycles. The van der Waals surface area contributed by atoms with Crippen molar-refractivity contribution >= 4 is 27.5 Å². The molecule has 1 aromatic rings. The summed E-state index contributed by atoms with van der Waals surface area (Å²) >= 11 is 1.40. The Balaban J connectivity index is 1.38. The van der Waals surface area contributed by atoms with Gasteiger partial charge in [0, 0.05) is 51.1 Å². The van der Waals surface area contributed by atoms with Gasteiger partial charge in [-0.15, -0.1) is 11.8 Å². The first kappa shape index (κ1) is 23.4. The van der Waals surface area contributed by atoms with E-state index in [4.69, 9.17) is 9.47 Å². The molecule has 1 aromatic carbocycles. The van der Waals surface area contributed by atoms with E-state index in [-0.39, 0.29) is 30.0 Å². The van der Waals surface area contributed by atoms with Gasteiger partial charge in [-0.1, -0.05) is 6.08 Å². The largest absolute Gasteiger partial charge is 0.508 e. The van der Waals surface area contributed by atoms with Crippen LogP contribution in [0.3, 0.4) is 0 Å². The standard InChI is InChI=1S/C23H33N3O5S2/c1-30-22-11-18-15-31-16-19(12-22)26(18)14-20-13-24(33(28,29)23-3-2-10-32-23)8-9-25(20)17-4-6-21(27)7-5-17/h2,4-7,10,18-20,22-23,27H,3,8-9,11-16H2,1H3/t18-,19+,20-,22?,23?/m1/s1. The summed E-state index contributed by atoms with van der Waals surface area (Å²) in [6, 6.07) is 7.82. The van der Waals surface area contributed by atoms with Gasteiger partial charge in [0.1, 0.15) is 10.3 Å². The third-order valence-electron chi connectivity index (χ3n) is 7.36. The molecular formula is C23H33N3O5S2. The van der Waals surface area contributed by atoms with Crippen molar-refractivity contribution in [3.05, 3.63) is 35.7 Å². The lowest BCUT2D eigenvalue weighted by molar-refractivity contribution is -0.114. The number of benzene rings is 1. The van der Waals surface area contributed by atoms with Crippen molar-refractivity contribution in [3.8, 4) is 5.75 Å². The minimum absolute atomic E-state index is 0.0135. The number of rotatable bonds is 6. The van der Waals surface area contributed by atoms with Crippen LogP contribution in [0.2, 0.25) is 0 Å². The van der Waals surface area contributed by atoms with Crippen LogP contribution >= 0.6 is 11.8 Å². The molecule has 0 aliphatic carbocycles. The number of nitrogens with zero attached hydrogens (tertiary/aromatic N) is 3. The minimum Gasteiger partial charge on any atom is -0.508 e. The minimum atomic E-state index is -3.38. The molecule has 1 N–H and O–H groups in total. The summed E-state index contributed by atoms with van der Waals surface area (Å²) in [5, 5.41) is 11.7. The Hall–Kier alpha value is -1.30. The molecule has 33 heavy (non-hydrogen) atoms. The number of allylic oxidation sites excluding steroid dienone is 1. The highest BCUT2D eigenvalue weighted by Gasteiger charge is 2.43. The predicted octanol–water partition coefficient (Wildman–Crippen LogP) is 2.07. The van der Waals surface area contributed by atoms with Gasteiger partial charge in [0.25, 0.3) is 0 Å². The molecule has 5 rings (SSSR count). The van der Waals surface area contributed by atoms with E-state index in [1.807, 2.05) is 23.6 Å². The normalized spacial score (nSPS) is 33.5. The number of piperidine rings is 1. The van der Waals surface area contributed by atoms with Gasteiger partial charge >= 0.3 is 0 Å². The van der Waals surface area contributed by atoms with Crippen molar-refractivity contribution in [1.29, 1.82) is 0 Å². The SMILES string of the molecule is COC1C[C@H]2COC[C@@H](C1)N2C[C@H]1CN(S(=O)(=O)C2CC=CS2)CCN1c1ccc(O)cc1. The molecule has 0 radical (unpaired) electrons. The number of fused-ring (bicyclic) bond motifs is 2. The third kappa shape index (κ3) is 4.78. The molecule has 0 amide bonds. The van der Waals surface area contributed by atoms with Crippen LogP contribution < -0.4 is 4.90 Å². The number of hydrogen-bond acceptors (Lipinski definition) is 8. The van der Waals surface area contributed by atoms with Crippen LogP contribution in [0.15, 0.2) is 35.7 Å². The maximum atomic E-state index is 13.4. The van der Waals surface area contributed by atoms with Crippen LogP contribution in [0, 0.1) is 0 Å². The van der Waals surface area contributed by atoms with Crippen LogP contribution in [-0.2, 0) is 19.5 Å². The van der Waals surface area contributed by atoms with E-state index >= 15 is 0 Å². The second-order valence-electron chi connectivity index (χ2n) is 9.31. The van der Waals surface area contributed by atoms with E-state index in [9.17, 15) is 13.5 Å². The number of anilines is 1. The molecular weight excluding hydrogens is 462 g/mol. The van der Waals surface area contributed by atoms with Crippen molar-refractivity contribution < 1.29 is 23.0 Å².